The standard InChI is InChI=1S/C11H14N4O/c1-8(10-3-2-6-16-10)14-11-13-5-4-9(7-12)15-11/h4-5,8,10H,2-3,6H2,1H3,(H,13,14,15). The van der Waals surface area contributed by atoms with Gasteiger partial charge in [0.15, 0.2) is 0 Å². The van der Waals surface area contributed by atoms with E-state index in [9.17, 15) is 0 Å². The average Bonchev–Trinajstić information content (AvgIpc) is 2.83. The SMILES string of the molecule is CC(Nc1nccc(C#N)n1)C1CCCO1. The van der Waals surface area contributed by atoms with Gasteiger partial charge in [-0.25, -0.2) is 9.97 Å². The molecule has 1 aromatic heterocycles. The molecule has 0 aromatic carbocycles. The number of hydrogen-bond acceptors (Lipinski definition) is 5. The molecule has 1 aromatic rings. The van der Waals surface area contributed by atoms with Crippen molar-refractivity contribution in [3.8, 4) is 6.07 Å². The van der Waals surface area contributed by atoms with Crippen molar-refractivity contribution >= 4 is 5.95 Å². The Morgan fingerprint density at radius 3 is 3.25 bits per heavy atom. The van der Waals surface area contributed by atoms with Gasteiger partial charge < -0.3 is 10.1 Å². The summed E-state index contributed by atoms with van der Waals surface area (Å²) in [5, 5.41) is 11.9. The maximum Gasteiger partial charge on any atom is 0.224 e. The minimum atomic E-state index is 0.163. The quantitative estimate of drug-likeness (QED) is 0.828. The molecule has 0 amide bonds. The van der Waals surface area contributed by atoms with Gasteiger partial charge in [0, 0.05) is 12.8 Å². The second-order valence-corrected chi connectivity index (χ2v) is 3.86. The Kier molecular flexibility index (Phi) is 3.32. The summed E-state index contributed by atoms with van der Waals surface area (Å²) in [5.74, 6) is 0.488. The molecule has 16 heavy (non-hydrogen) atoms. The highest BCUT2D eigenvalue weighted by Gasteiger charge is 2.22. The van der Waals surface area contributed by atoms with Crippen LogP contribution >= 0.6 is 0 Å². The maximum absolute atomic E-state index is 8.71. The molecule has 0 aliphatic carbocycles. The number of anilines is 1. The molecule has 2 atom stereocenters. The summed E-state index contributed by atoms with van der Waals surface area (Å²) in [6.07, 6.45) is 3.96. The lowest BCUT2D eigenvalue weighted by Crippen LogP contribution is -2.30. The Morgan fingerprint density at radius 2 is 2.56 bits per heavy atom. The maximum atomic E-state index is 8.71. The molecule has 1 aliphatic heterocycles. The van der Waals surface area contributed by atoms with Crippen LogP contribution < -0.4 is 5.32 Å². The van der Waals surface area contributed by atoms with Crippen LogP contribution in [0.1, 0.15) is 25.5 Å². The Hall–Kier alpha value is -1.67. The molecule has 5 heteroatoms. The van der Waals surface area contributed by atoms with Gasteiger partial charge in [0.25, 0.3) is 0 Å². The Balaban J connectivity index is 2.00. The van der Waals surface area contributed by atoms with Crippen LogP contribution in [0.15, 0.2) is 12.3 Å². The molecule has 0 spiro atoms. The van der Waals surface area contributed by atoms with E-state index in [0.717, 1.165) is 19.4 Å². The highest BCUT2D eigenvalue weighted by molar-refractivity contribution is 5.31. The van der Waals surface area contributed by atoms with Crippen LogP contribution in [0.25, 0.3) is 0 Å². The Bertz CT molecular complexity index is 395. The van der Waals surface area contributed by atoms with Crippen LogP contribution in [0.2, 0.25) is 0 Å². The van der Waals surface area contributed by atoms with Crippen molar-refractivity contribution in [2.24, 2.45) is 0 Å². The van der Waals surface area contributed by atoms with Gasteiger partial charge in [-0.2, -0.15) is 5.26 Å². The fourth-order valence-electron chi connectivity index (χ4n) is 1.78. The summed E-state index contributed by atoms with van der Waals surface area (Å²) in [6.45, 7) is 2.87. The van der Waals surface area contributed by atoms with Crippen molar-refractivity contribution in [3.63, 3.8) is 0 Å². The summed E-state index contributed by atoms with van der Waals surface area (Å²) < 4.78 is 5.56. The first-order valence-electron chi connectivity index (χ1n) is 5.41. The predicted molar refractivity (Wildman–Crippen MR) is 58.8 cm³/mol. The van der Waals surface area contributed by atoms with Crippen molar-refractivity contribution in [2.45, 2.75) is 31.9 Å². The zero-order valence-corrected chi connectivity index (χ0v) is 9.18. The fourth-order valence-corrected chi connectivity index (χ4v) is 1.78. The first-order valence-corrected chi connectivity index (χ1v) is 5.41. The van der Waals surface area contributed by atoms with E-state index in [2.05, 4.69) is 15.3 Å². The number of rotatable bonds is 3. The van der Waals surface area contributed by atoms with Gasteiger partial charge in [0.1, 0.15) is 11.8 Å². The van der Waals surface area contributed by atoms with Gasteiger partial charge in [0.2, 0.25) is 5.95 Å². The molecule has 1 aliphatic rings. The van der Waals surface area contributed by atoms with Crippen LogP contribution in [0.4, 0.5) is 5.95 Å². The summed E-state index contributed by atoms with van der Waals surface area (Å²) >= 11 is 0. The molecule has 1 saturated heterocycles. The molecule has 2 unspecified atom stereocenters. The largest absolute Gasteiger partial charge is 0.376 e. The predicted octanol–water partition coefficient (Wildman–Crippen LogP) is 1.33. The molecule has 0 radical (unpaired) electrons. The van der Waals surface area contributed by atoms with Crippen LogP contribution in [-0.2, 0) is 4.74 Å². The molecule has 1 N–H and O–H groups in total. The molecule has 84 valence electrons. The highest BCUT2D eigenvalue weighted by Crippen LogP contribution is 2.17. The summed E-state index contributed by atoms with van der Waals surface area (Å²) in [5.41, 5.74) is 0.372. The highest BCUT2D eigenvalue weighted by atomic mass is 16.5. The molecule has 5 nitrogen and oxygen atoms in total. The first kappa shape index (κ1) is 10.8. The third-order valence-corrected chi connectivity index (χ3v) is 2.65. The van der Waals surface area contributed by atoms with Crippen molar-refractivity contribution in [2.75, 3.05) is 11.9 Å². The third-order valence-electron chi connectivity index (χ3n) is 2.65. The fraction of sp³-hybridized carbons (Fsp3) is 0.545. The van der Waals surface area contributed by atoms with Crippen molar-refractivity contribution < 1.29 is 4.74 Å². The first-order chi connectivity index (χ1) is 7.79. The lowest BCUT2D eigenvalue weighted by molar-refractivity contribution is 0.0994. The van der Waals surface area contributed by atoms with E-state index in [1.807, 2.05) is 13.0 Å². The molecular weight excluding hydrogens is 204 g/mol. The van der Waals surface area contributed by atoms with Gasteiger partial charge >= 0.3 is 0 Å². The van der Waals surface area contributed by atoms with E-state index < -0.39 is 0 Å². The van der Waals surface area contributed by atoms with Gasteiger partial charge in [-0.15, -0.1) is 0 Å². The van der Waals surface area contributed by atoms with E-state index in [0.29, 0.717) is 11.6 Å². The Labute approximate surface area is 94.5 Å². The van der Waals surface area contributed by atoms with E-state index in [1.54, 1.807) is 12.3 Å². The average molecular weight is 218 g/mol. The minimum absolute atomic E-state index is 0.163. The number of hydrogen-bond donors (Lipinski definition) is 1. The van der Waals surface area contributed by atoms with E-state index >= 15 is 0 Å². The van der Waals surface area contributed by atoms with Crippen molar-refractivity contribution in [3.05, 3.63) is 18.0 Å². The lowest BCUT2D eigenvalue weighted by atomic mass is 10.1. The molecule has 2 heterocycles. The van der Waals surface area contributed by atoms with Crippen molar-refractivity contribution in [1.82, 2.24) is 9.97 Å². The Morgan fingerprint density at radius 1 is 1.69 bits per heavy atom. The van der Waals surface area contributed by atoms with Crippen LogP contribution in [0.3, 0.4) is 0 Å². The molecule has 0 bridgehead atoms. The zero-order valence-electron chi connectivity index (χ0n) is 9.18. The zero-order chi connectivity index (χ0) is 11.4. The number of ether oxygens (including phenoxy) is 1. The molecule has 0 saturated carbocycles. The number of nitriles is 1. The van der Waals surface area contributed by atoms with E-state index in [4.69, 9.17) is 10.00 Å². The smallest absolute Gasteiger partial charge is 0.224 e. The van der Waals surface area contributed by atoms with E-state index in [1.165, 1.54) is 0 Å². The molecule has 1 fully saturated rings. The summed E-state index contributed by atoms with van der Waals surface area (Å²) in [6, 6.07) is 3.74. The van der Waals surface area contributed by atoms with Crippen LogP contribution in [0, 0.1) is 11.3 Å². The monoisotopic (exact) mass is 218 g/mol. The van der Waals surface area contributed by atoms with Gasteiger partial charge in [0.05, 0.1) is 12.1 Å². The summed E-state index contributed by atoms with van der Waals surface area (Å²) in [4.78, 5) is 8.13. The second kappa shape index (κ2) is 4.90. The van der Waals surface area contributed by atoms with Gasteiger partial charge in [-0.05, 0) is 25.8 Å². The topological polar surface area (TPSA) is 70.8 Å². The van der Waals surface area contributed by atoms with E-state index in [-0.39, 0.29) is 12.1 Å². The number of nitrogens with zero attached hydrogens (tertiary/aromatic N) is 3. The lowest BCUT2D eigenvalue weighted by Gasteiger charge is -2.19. The van der Waals surface area contributed by atoms with Crippen LogP contribution in [0.5, 0.6) is 0 Å². The molecule has 2 rings (SSSR count). The normalized spacial score (nSPS) is 21.4. The van der Waals surface area contributed by atoms with Gasteiger partial charge in [-0.1, -0.05) is 0 Å². The number of aromatic nitrogens is 2. The minimum Gasteiger partial charge on any atom is -0.376 e. The van der Waals surface area contributed by atoms with Gasteiger partial charge in [-0.3, -0.25) is 0 Å². The second-order valence-electron chi connectivity index (χ2n) is 3.86. The number of nitrogens with one attached hydrogen (secondary N) is 1. The third kappa shape index (κ3) is 2.47. The van der Waals surface area contributed by atoms with Crippen molar-refractivity contribution in [1.29, 1.82) is 5.26 Å². The van der Waals surface area contributed by atoms with Crippen LogP contribution in [-0.4, -0.2) is 28.7 Å². The molecular formula is C11H14N4O. The summed E-state index contributed by atoms with van der Waals surface area (Å²) in [7, 11) is 0.